The summed E-state index contributed by atoms with van der Waals surface area (Å²) in [5.74, 6) is -0.569. The third-order valence-corrected chi connectivity index (χ3v) is 4.16. The number of carbonyl (C=O) groups is 2. The van der Waals surface area contributed by atoms with E-state index in [1.54, 1.807) is 16.7 Å². The number of piperazine rings is 1. The number of ether oxygens (including phenoxy) is 2. The van der Waals surface area contributed by atoms with Crippen molar-refractivity contribution in [1.29, 1.82) is 5.26 Å². The number of methoxy groups -OCH3 is 1. The number of nitriles is 1. The minimum atomic E-state index is -0.674. The first-order valence-electron chi connectivity index (χ1n) is 8.81. The summed E-state index contributed by atoms with van der Waals surface area (Å²) < 4.78 is 10.0. The van der Waals surface area contributed by atoms with Crippen molar-refractivity contribution in [3.63, 3.8) is 0 Å². The second kappa shape index (κ2) is 9.93. The number of nitro benzene ring substituents is 1. The van der Waals surface area contributed by atoms with E-state index >= 15 is 0 Å². The summed E-state index contributed by atoms with van der Waals surface area (Å²) in [5.41, 5.74) is -0.123. The fourth-order valence-corrected chi connectivity index (χ4v) is 2.66. The van der Waals surface area contributed by atoms with Gasteiger partial charge in [0.1, 0.15) is 17.4 Å². The van der Waals surface area contributed by atoms with E-state index in [-0.39, 0.29) is 28.8 Å². The average molecular weight is 403 g/mol. The minimum Gasteiger partial charge on any atom is -0.494 e. The van der Waals surface area contributed by atoms with Gasteiger partial charge < -0.3 is 24.6 Å². The molecule has 1 saturated heterocycles. The molecular weight excluding hydrogens is 382 g/mol. The van der Waals surface area contributed by atoms with Crippen LogP contribution in [-0.2, 0) is 9.53 Å². The summed E-state index contributed by atoms with van der Waals surface area (Å²) in [6.07, 6.45) is 1.04. The lowest BCUT2D eigenvalue weighted by molar-refractivity contribution is -0.384. The Bertz CT molecular complexity index is 855. The summed E-state index contributed by atoms with van der Waals surface area (Å²) in [6.45, 7) is 3.73. The van der Waals surface area contributed by atoms with Crippen LogP contribution in [0.1, 0.15) is 6.92 Å². The Kier molecular flexibility index (Phi) is 7.36. The standard InChI is InChI=1S/C18H21N5O6/c1-3-29-18(25)22-8-6-21(7-9-22)12-13(11-19)17(24)20-15-5-4-14(23(26)27)10-16(15)28-2/h4-5,10,12H,3,6-9H2,1-2H3,(H,20,24)/b13-12-. The molecule has 1 aliphatic heterocycles. The molecule has 1 heterocycles. The van der Waals surface area contributed by atoms with Crippen molar-refractivity contribution in [3.8, 4) is 11.8 Å². The second-order valence-corrected chi connectivity index (χ2v) is 5.97. The number of non-ortho nitro benzene ring substituents is 1. The van der Waals surface area contributed by atoms with Gasteiger partial charge >= 0.3 is 6.09 Å². The van der Waals surface area contributed by atoms with Crippen LogP contribution in [0, 0.1) is 21.4 Å². The van der Waals surface area contributed by atoms with Gasteiger partial charge in [-0.1, -0.05) is 0 Å². The van der Waals surface area contributed by atoms with E-state index < -0.39 is 10.8 Å². The number of nitro groups is 1. The van der Waals surface area contributed by atoms with Crippen molar-refractivity contribution in [2.75, 3.05) is 45.2 Å². The third-order valence-electron chi connectivity index (χ3n) is 4.16. The molecule has 29 heavy (non-hydrogen) atoms. The highest BCUT2D eigenvalue weighted by Crippen LogP contribution is 2.29. The maximum absolute atomic E-state index is 12.5. The first-order chi connectivity index (χ1) is 13.9. The summed E-state index contributed by atoms with van der Waals surface area (Å²) in [7, 11) is 1.32. The Morgan fingerprint density at radius 3 is 2.59 bits per heavy atom. The van der Waals surface area contributed by atoms with Crippen LogP contribution >= 0.6 is 0 Å². The van der Waals surface area contributed by atoms with E-state index in [0.29, 0.717) is 32.8 Å². The van der Waals surface area contributed by atoms with Gasteiger partial charge in [-0.15, -0.1) is 0 Å². The van der Waals surface area contributed by atoms with Crippen LogP contribution in [0.3, 0.4) is 0 Å². The molecule has 2 amide bonds. The molecule has 0 unspecified atom stereocenters. The number of carbonyl (C=O) groups excluding carboxylic acids is 2. The number of amides is 2. The van der Waals surface area contributed by atoms with Gasteiger partial charge in [-0.25, -0.2) is 4.79 Å². The lowest BCUT2D eigenvalue weighted by Gasteiger charge is -2.33. The Labute approximate surface area is 167 Å². The van der Waals surface area contributed by atoms with E-state index in [4.69, 9.17) is 9.47 Å². The highest BCUT2D eigenvalue weighted by Gasteiger charge is 2.22. The van der Waals surface area contributed by atoms with Gasteiger partial charge in [0.2, 0.25) is 0 Å². The predicted octanol–water partition coefficient (Wildman–Crippen LogP) is 1.72. The molecular formula is C18H21N5O6. The molecule has 0 saturated carbocycles. The molecule has 0 radical (unpaired) electrons. The van der Waals surface area contributed by atoms with Crippen LogP contribution in [0.25, 0.3) is 0 Å². The van der Waals surface area contributed by atoms with Crippen molar-refractivity contribution in [2.24, 2.45) is 0 Å². The van der Waals surface area contributed by atoms with Crippen LogP contribution in [0.4, 0.5) is 16.2 Å². The largest absolute Gasteiger partial charge is 0.494 e. The average Bonchev–Trinajstić information content (AvgIpc) is 2.72. The van der Waals surface area contributed by atoms with Crippen LogP contribution in [0.2, 0.25) is 0 Å². The molecule has 1 fully saturated rings. The van der Waals surface area contributed by atoms with Crippen LogP contribution in [0.15, 0.2) is 30.0 Å². The van der Waals surface area contributed by atoms with Crippen molar-refractivity contribution < 1.29 is 24.0 Å². The van der Waals surface area contributed by atoms with Crippen LogP contribution in [-0.4, -0.2) is 66.6 Å². The van der Waals surface area contributed by atoms with Gasteiger partial charge in [0, 0.05) is 38.4 Å². The van der Waals surface area contributed by atoms with Gasteiger partial charge in [-0.05, 0) is 13.0 Å². The number of hydrogen-bond acceptors (Lipinski definition) is 8. The predicted molar refractivity (Wildman–Crippen MR) is 102 cm³/mol. The molecule has 11 heteroatoms. The second-order valence-electron chi connectivity index (χ2n) is 5.97. The number of nitrogens with zero attached hydrogens (tertiary/aromatic N) is 4. The Hall–Kier alpha value is -3.81. The Balaban J connectivity index is 2.05. The number of benzene rings is 1. The molecule has 1 aromatic carbocycles. The molecule has 1 aromatic rings. The smallest absolute Gasteiger partial charge is 0.409 e. The highest BCUT2D eigenvalue weighted by molar-refractivity contribution is 6.07. The highest BCUT2D eigenvalue weighted by atomic mass is 16.6. The number of anilines is 1. The third kappa shape index (κ3) is 5.58. The summed E-state index contributed by atoms with van der Waals surface area (Å²) in [6, 6.07) is 5.58. The molecule has 0 aromatic heterocycles. The van der Waals surface area contributed by atoms with Crippen molar-refractivity contribution in [1.82, 2.24) is 9.80 Å². The number of rotatable bonds is 6. The monoisotopic (exact) mass is 403 g/mol. The first-order valence-corrected chi connectivity index (χ1v) is 8.81. The van der Waals surface area contributed by atoms with Gasteiger partial charge in [-0.3, -0.25) is 14.9 Å². The van der Waals surface area contributed by atoms with E-state index in [0.717, 1.165) is 0 Å². The van der Waals surface area contributed by atoms with Crippen molar-refractivity contribution in [2.45, 2.75) is 6.92 Å². The Morgan fingerprint density at radius 2 is 2.03 bits per heavy atom. The molecule has 154 valence electrons. The summed E-state index contributed by atoms with van der Waals surface area (Å²) in [5, 5.41) is 22.7. The zero-order valence-corrected chi connectivity index (χ0v) is 16.1. The zero-order chi connectivity index (χ0) is 21.4. The maximum atomic E-state index is 12.5. The van der Waals surface area contributed by atoms with Crippen LogP contribution in [0.5, 0.6) is 5.75 Å². The van der Waals surface area contributed by atoms with E-state index in [1.807, 2.05) is 6.07 Å². The van der Waals surface area contributed by atoms with E-state index in [9.17, 15) is 25.0 Å². The molecule has 0 aliphatic carbocycles. The van der Waals surface area contributed by atoms with Crippen molar-refractivity contribution in [3.05, 3.63) is 40.1 Å². The van der Waals surface area contributed by atoms with E-state index in [2.05, 4.69) is 5.32 Å². The number of hydrogen-bond donors (Lipinski definition) is 1. The van der Waals surface area contributed by atoms with Crippen molar-refractivity contribution >= 4 is 23.4 Å². The van der Waals surface area contributed by atoms with Gasteiger partial charge in [0.05, 0.1) is 30.4 Å². The fourth-order valence-electron chi connectivity index (χ4n) is 2.66. The summed E-state index contributed by atoms with van der Waals surface area (Å²) in [4.78, 5) is 37.8. The fraction of sp³-hybridized carbons (Fsp3) is 0.389. The lowest BCUT2D eigenvalue weighted by Crippen LogP contribution is -2.47. The quantitative estimate of drug-likeness (QED) is 0.328. The maximum Gasteiger partial charge on any atom is 0.409 e. The topological polar surface area (TPSA) is 138 Å². The van der Waals surface area contributed by atoms with Crippen LogP contribution < -0.4 is 10.1 Å². The molecule has 1 aliphatic rings. The molecule has 0 bridgehead atoms. The van der Waals surface area contributed by atoms with Gasteiger partial charge in [0.25, 0.3) is 11.6 Å². The molecule has 0 spiro atoms. The molecule has 0 atom stereocenters. The summed E-state index contributed by atoms with van der Waals surface area (Å²) >= 11 is 0. The van der Waals surface area contributed by atoms with E-state index in [1.165, 1.54) is 31.5 Å². The molecule has 11 nitrogen and oxygen atoms in total. The normalized spacial score (nSPS) is 14.0. The molecule has 1 N–H and O–H groups in total. The SMILES string of the molecule is CCOC(=O)N1CCN(/C=C(/C#N)C(=O)Nc2ccc([N+](=O)[O-])cc2OC)CC1. The van der Waals surface area contributed by atoms with Gasteiger partial charge in [-0.2, -0.15) is 5.26 Å². The Morgan fingerprint density at radius 1 is 1.34 bits per heavy atom. The number of nitrogens with one attached hydrogen (secondary N) is 1. The minimum absolute atomic E-state index is 0.105. The first kappa shape index (κ1) is 21.5. The van der Waals surface area contributed by atoms with Gasteiger partial charge in [0.15, 0.2) is 0 Å². The molecule has 2 rings (SSSR count). The lowest BCUT2D eigenvalue weighted by atomic mass is 10.2. The zero-order valence-electron chi connectivity index (χ0n) is 16.1.